The van der Waals surface area contributed by atoms with Crippen LogP contribution in [0.1, 0.15) is 0 Å². The van der Waals surface area contributed by atoms with E-state index in [1.165, 1.54) is 0 Å². The maximum absolute atomic E-state index is 6.36. The number of anilines is 3. The van der Waals surface area contributed by atoms with Gasteiger partial charge in [-0.25, -0.2) is 4.98 Å². The number of pyridine rings is 3. The number of nitrogens with zero attached hydrogens (tertiary/aromatic N) is 4. The van der Waals surface area contributed by atoms with Crippen molar-refractivity contribution in [2.24, 2.45) is 0 Å². The topological polar surface area (TPSA) is 60.4 Å². The molecule has 6 rings (SSSR count). The lowest BCUT2D eigenvalue weighted by Crippen LogP contribution is -2.10. The zero-order valence-electron chi connectivity index (χ0n) is 21.0. The van der Waals surface area contributed by atoms with E-state index < -0.39 is 0 Å². The maximum Gasteiger partial charge on any atom is 0.219 e. The molecule has 0 saturated carbocycles. The molecule has 0 atom stereocenters. The Bertz CT molecular complexity index is 1610. The molecule has 6 nitrogen and oxygen atoms in total. The Hall–Kier alpha value is -5.49. The highest BCUT2D eigenvalue weighted by molar-refractivity contribution is 5.78. The van der Waals surface area contributed by atoms with Crippen molar-refractivity contribution in [3.8, 4) is 34.4 Å². The fourth-order valence-corrected chi connectivity index (χ4v) is 4.22. The van der Waals surface area contributed by atoms with Crippen LogP contribution in [0.2, 0.25) is 0 Å². The summed E-state index contributed by atoms with van der Waals surface area (Å²) in [4.78, 5) is 15.3. The van der Waals surface area contributed by atoms with Gasteiger partial charge < -0.3 is 14.4 Å². The summed E-state index contributed by atoms with van der Waals surface area (Å²) < 4.78 is 12.5. The van der Waals surface area contributed by atoms with Gasteiger partial charge in [-0.1, -0.05) is 48.5 Å². The summed E-state index contributed by atoms with van der Waals surface area (Å²) >= 11 is 0. The quantitative estimate of drug-likeness (QED) is 0.205. The van der Waals surface area contributed by atoms with Gasteiger partial charge in [-0.15, -0.1) is 0 Å². The molecule has 0 radical (unpaired) electrons. The highest BCUT2D eigenvalue weighted by Crippen LogP contribution is 2.40. The van der Waals surface area contributed by atoms with Crippen molar-refractivity contribution < 1.29 is 9.47 Å². The summed E-state index contributed by atoms with van der Waals surface area (Å²) in [5.74, 6) is 2.26. The summed E-state index contributed by atoms with van der Waals surface area (Å²) in [5, 5.41) is 0. The molecular weight excluding hydrogens is 484 g/mol. The van der Waals surface area contributed by atoms with E-state index in [0.717, 1.165) is 28.3 Å². The Morgan fingerprint density at radius 1 is 0.487 bits per heavy atom. The molecule has 0 aliphatic heterocycles. The molecule has 6 heteroatoms. The Balaban J connectivity index is 1.43. The average molecular weight is 509 g/mol. The third-order valence-corrected chi connectivity index (χ3v) is 5.92. The second kappa shape index (κ2) is 11.3. The van der Waals surface area contributed by atoms with Gasteiger partial charge in [0.1, 0.15) is 17.2 Å². The average Bonchev–Trinajstić information content (AvgIpc) is 2.99. The number of aromatic nitrogens is 3. The lowest BCUT2D eigenvalue weighted by molar-refractivity contribution is 0.449. The molecule has 188 valence electrons. The van der Waals surface area contributed by atoms with Crippen molar-refractivity contribution in [1.82, 2.24) is 15.0 Å². The monoisotopic (exact) mass is 508 g/mol. The third kappa shape index (κ3) is 5.76. The Morgan fingerprint density at radius 2 is 1.13 bits per heavy atom. The van der Waals surface area contributed by atoms with Crippen LogP contribution in [0.15, 0.2) is 146 Å². The van der Waals surface area contributed by atoms with Crippen molar-refractivity contribution in [2.45, 2.75) is 0 Å². The van der Waals surface area contributed by atoms with Crippen molar-refractivity contribution in [2.75, 3.05) is 4.90 Å². The molecule has 0 aliphatic carbocycles. The van der Waals surface area contributed by atoms with Gasteiger partial charge in [-0.2, -0.15) is 0 Å². The fourth-order valence-electron chi connectivity index (χ4n) is 4.22. The Kier molecular flexibility index (Phi) is 6.90. The van der Waals surface area contributed by atoms with Crippen LogP contribution in [0.4, 0.5) is 17.1 Å². The lowest BCUT2D eigenvalue weighted by atomic mass is 10.1. The number of ether oxygens (including phenoxy) is 2. The Labute approximate surface area is 226 Å². The molecular formula is C33H24N4O2. The molecule has 3 heterocycles. The van der Waals surface area contributed by atoms with Gasteiger partial charge in [0.25, 0.3) is 0 Å². The van der Waals surface area contributed by atoms with Crippen LogP contribution in [-0.4, -0.2) is 15.0 Å². The zero-order chi connectivity index (χ0) is 26.3. The predicted octanol–water partition coefficient (Wildman–Crippen LogP) is 8.59. The largest absolute Gasteiger partial charge is 0.456 e. The molecule has 0 N–H and O–H groups in total. The first-order valence-corrected chi connectivity index (χ1v) is 12.5. The van der Waals surface area contributed by atoms with Gasteiger partial charge in [-0.05, 0) is 48.5 Å². The molecule has 0 unspecified atom stereocenters. The fraction of sp³-hybridized carbons (Fsp3) is 0. The second-order valence-corrected chi connectivity index (χ2v) is 8.67. The Morgan fingerprint density at radius 3 is 1.77 bits per heavy atom. The normalized spacial score (nSPS) is 10.6. The summed E-state index contributed by atoms with van der Waals surface area (Å²) in [7, 11) is 0. The van der Waals surface area contributed by atoms with Crippen LogP contribution < -0.4 is 14.4 Å². The van der Waals surface area contributed by atoms with Crippen LogP contribution in [0.5, 0.6) is 23.1 Å². The van der Waals surface area contributed by atoms with Crippen molar-refractivity contribution in [1.29, 1.82) is 0 Å². The van der Waals surface area contributed by atoms with Crippen LogP contribution in [0.3, 0.4) is 0 Å². The molecule has 0 amide bonds. The number of hydrogen-bond donors (Lipinski definition) is 0. The van der Waals surface area contributed by atoms with Gasteiger partial charge in [0.05, 0.1) is 17.6 Å². The summed E-state index contributed by atoms with van der Waals surface area (Å²) in [6.07, 6.45) is 6.92. The van der Waals surface area contributed by atoms with Crippen LogP contribution in [0.25, 0.3) is 11.3 Å². The molecule has 3 aromatic carbocycles. The van der Waals surface area contributed by atoms with E-state index in [1.54, 1.807) is 24.8 Å². The number of rotatable bonds is 8. The SMILES string of the molecule is c1ccc(N(c2ccccc2)c2cc(Oc3cncc(-c4ccccn4)c3)cc(Oc3ccccn3)c2)cc1. The lowest BCUT2D eigenvalue weighted by Gasteiger charge is -2.26. The highest BCUT2D eigenvalue weighted by atomic mass is 16.5. The minimum atomic E-state index is 0.491. The van der Waals surface area contributed by atoms with E-state index in [1.807, 2.05) is 97.1 Å². The minimum absolute atomic E-state index is 0.491. The smallest absolute Gasteiger partial charge is 0.219 e. The summed E-state index contributed by atoms with van der Waals surface area (Å²) in [6.45, 7) is 0. The van der Waals surface area contributed by atoms with E-state index in [4.69, 9.17) is 9.47 Å². The van der Waals surface area contributed by atoms with Gasteiger partial charge in [0.2, 0.25) is 5.88 Å². The molecule has 0 saturated heterocycles. The van der Waals surface area contributed by atoms with Crippen molar-refractivity contribution in [3.63, 3.8) is 0 Å². The van der Waals surface area contributed by atoms with Crippen LogP contribution in [-0.2, 0) is 0 Å². The molecule has 39 heavy (non-hydrogen) atoms. The summed E-state index contributed by atoms with van der Waals surface area (Å²) in [6, 6.07) is 39.4. The third-order valence-electron chi connectivity index (χ3n) is 5.92. The van der Waals surface area contributed by atoms with Gasteiger partial charge in [0, 0.05) is 59.8 Å². The minimum Gasteiger partial charge on any atom is -0.456 e. The maximum atomic E-state index is 6.36. The second-order valence-electron chi connectivity index (χ2n) is 8.67. The van der Waals surface area contributed by atoms with Gasteiger partial charge in [0.15, 0.2) is 0 Å². The van der Waals surface area contributed by atoms with Crippen LogP contribution in [0, 0.1) is 0 Å². The zero-order valence-corrected chi connectivity index (χ0v) is 21.0. The first-order valence-electron chi connectivity index (χ1n) is 12.5. The molecule has 0 aliphatic rings. The van der Waals surface area contributed by atoms with E-state index in [9.17, 15) is 0 Å². The van der Waals surface area contributed by atoms with E-state index >= 15 is 0 Å². The van der Waals surface area contributed by atoms with Gasteiger partial charge >= 0.3 is 0 Å². The first-order chi connectivity index (χ1) is 19.3. The van der Waals surface area contributed by atoms with E-state index in [0.29, 0.717) is 23.1 Å². The molecule has 0 spiro atoms. The predicted molar refractivity (Wildman–Crippen MR) is 153 cm³/mol. The van der Waals surface area contributed by atoms with E-state index in [-0.39, 0.29) is 0 Å². The number of benzene rings is 3. The highest BCUT2D eigenvalue weighted by Gasteiger charge is 2.16. The van der Waals surface area contributed by atoms with Crippen molar-refractivity contribution in [3.05, 3.63) is 146 Å². The molecule has 6 aromatic rings. The molecule has 0 fully saturated rings. The van der Waals surface area contributed by atoms with Crippen molar-refractivity contribution >= 4 is 17.1 Å². The number of para-hydroxylation sites is 2. The van der Waals surface area contributed by atoms with Gasteiger partial charge in [-0.3, -0.25) is 9.97 Å². The number of hydrogen-bond acceptors (Lipinski definition) is 6. The summed E-state index contributed by atoms with van der Waals surface area (Å²) in [5.41, 5.74) is 4.56. The first kappa shape index (κ1) is 23.9. The molecule has 3 aromatic heterocycles. The van der Waals surface area contributed by atoms with E-state index in [2.05, 4.69) is 44.1 Å². The molecule has 0 bridgehead atoms. The standard InChI is InChI=1S/C33H24N4O2/c1-3-11-26(12-4-1)37(27-13-5-2-6-14-27)28-20-29(22-30(21-28)39-33-16-8-10-18-36-33)38-31-19-25(23-34-24-31)32-15-7-9-17-35-32/h1-24H. The van der Waals surface area contributed by atoms with Crippen LogP contribution >= 0.6 is 0 Å².